The molecule has 1 fully saturated rings. The van der Waals surface area contributed by atoms with Crippen molar-refractivity contribution in [3.8, 4) is 6.07 Å². The molecule has 1 aliphatic heterocycles. The first kappa shape index (κ1) is 18.8. The van der Waals surface area contributed by atoms with Gasteiger partial charge in [-0.2, -0.15) is 5.26 Å². The Hall–Kier alpha value is -3.00. The average molecular weight is 362 g/mol. The number of urea groups is 1. The van der Waals surface area contributed by atoms with Crippen molar-refractivity contribution in [1.29, 1.82) is 5.26 Å². The summed E-state index contributed by atoms with van der Waals surface area (Å²) in [5.74, 6) is 0.351. The summed E-state index contributed by atoms with van der Waals surface area (Å²) < 4.78 is 0. The normalized spacial score (nSPS) is 14.2. The van der Waals surface area contributed by atoms with Gasteiger partial charge in [0, 0.05) is 37.6 Å². The number of carbonyl (C=O) groups is 1. The van der Waals surface area contributed by atoms with Crippen molar-refractivity contribution in [3.05, 3.63) is 59.2 Å². The van der Waals surface area contributed by atoms with Crippen LogP contribution in [0.2, 0.25) is 0 Å². The number of para-hydroxylation sites is 1. The van der Waals surface area contributed by atoms with Crippen LogP contribution in [0.4, 0.5) is 16.2 Å². The van der Waals surface area contributed by atoms with Gasteiger partial charge in [-0.05, 0) is 42.2 Å². The Bertz CT molecular complexity index is 861. The molecule has 5 nitrogen and oxygen atoms in total. The van der Waals surface area contributed by atoms with Gasteiger partial charge in [-0.1, -0.05) is 38.1 Å². The predicted octanol–water partition coefficient (Wildman–Crippen LogP) is 4.34. The van der Waals surface area contributed by atoms with Gasteiger partial charge in [-0.15, -0.1) is 0 Å². The standard InChI is InChI=1S/C22H26N4O/c1-16(2)20-9-4-6-17(3)21(20)24-22(27)26-12-10-25(11-13-26)19-8-5-7-18(14-19)15-23/h4-9,14,16H,10-13H2,1-3H3,(H,24,27). The first-order valence-electron chi connectivity index (χ1n) is 9.40. The lowest BCUT2D eigenvalue weighted by Gasteiger charge is -2.36. The van der Waals surface area contributed by atoms with Gasteiger partial charge in [0.2, 0.25) is 0 Å². The van der Waals surface area contributed by atoms with Gasteiger partial charge in [0.25, 0.3) is 0 Å². The van der Waals surface area contributed by atoms with Crippen LogP contribution >= 0.6 is 0 Å². The van der Waals surface area contributed by atoms with Crippen LogP contribution in [0.25, 0.3) is 0 Å². The molecule has 2 aromatic rings. The summed E-state index contributed by atoms with van der Waals surface area (Å²) in [6.45, 7) is 9.13. The van der Waals surface area contributed by atoms with Gasteiger partial charge in [-0.25, -0.2) is 4.79 Å². The van der Waals surface area contributed by atoms with Gasteiger partial charge in [0.1, 0.15) is 0 Å². The fraction of sp³-hybridized carbons (Fsp3) is 0.364. The number of amides is 2. The van der Waals surface area contributed by atoms with Gasteiger partial charge in [0.15, 0.2) is 0 Å². The van der Waals surface area contributed by atoms with Crippen LogP contribution in [0.5, 0.6) is 0 Å². The van der Waals surface area contributed by atoms with Crippen LogP contribution in [0.1, 0.15) is 36.5 Å². The lowest BCUT2D eigenvalue weighted by Crippen LogP contribution is -2.50. The highest BCUT2D eigenvalue weighted by molar-refractivity contribution is 5.91. The minimum atomic E-state index is -0.0448. The molecule has 1 N–H and O–H groups in total. The molecule has 0 aliphatic carbocycles. The molecule has 0 atom stereocenters. The van der Waals surface area contributed by atoms with Crippen LogP contribution < -0.4 is 10.2 Å². The molecule has 1 heterocycles. The van der Waals surface area contributed by atoms with E-state index < -0.39 is 0 Å². The molecule has 3 rings (SSSR count). The molecule has 2 aromatic carbocycles. The number of benzene rings is 2. The monoisotopic (exact) mass is 362 g/mol. The van der Waals surface area contributed by atoms with E-state index in [4.69, 9.17) is 5.26 Å². The number of nitriles is 1. The van der Waals surface area contributed by atoms with Crippen molar-refractivity contribution >= 4 is 17.4 Å². The summed E-state index contributed by atoms with van der Waals surface area (Å²) in [5, 5.41) is 12.2. The van der Waals surface area contributed by atoms with Crippen LogP contribution in [0.3, 0.4) is 0 Å². The Labute approximate surface area is 161 Å². The van der Waals surface area contributed by atoms with Crippen LogP contribution in [-0.2, 0) is 0 Å². The third-order valence-electron chi connectivity index (χ3n) is 5.07. The van der Waals surface area contributed by atoms with E-state index in [-0.39, 0.29) is 6.03 Å². The van der Waals surface area contributed by atoms with E-state index in [0.717, 1.165) is 35.6 Å². The zero-order valence-electron chi connectivity index (χ0n) is 16.2. The van der Waals surface area contributed by atoms with Crippen molar-refractivity contribution in [2.75, 3.05) is 36.4 Å². The first-order valence-corrected chi connectivity index (χ1v) is 9.40. The van der Waals surface area contributed by atoms with Crippen LogP contribution in [0, 0.1) is 18.3 Å². The molecule has 0 aromatic heterocycles. The van der Waals surface area contributed by atoms with Gasteiger partial charge in [-0.3, -0.25) is 0 Å². The van der Waals surface area contributed by atoms with Gasteiger partial charge < -0.3 is 15.1 Å². The highest BCUT2D eigenvalue weighted by Crippen LogP contribution is 2.28. The number of aryl methyl sites for hydroxylation is 1. The molecule has 0 radical (unpaired) electrons. The number of anilines is 2. The fourth-order valence-corrected chi connectivity index (χ4v) is 3.47. The van der Waals surface area contributed by atoms with Crippen LogP contribution in [0.15, 0.2) is 42.5 Å². The zero-order chi connectivity index (χ0) is 19.4. The molecule has 0 spiro atoms. The first-order chi connectivity index (χ1) is 13.0. The molecule has 1 aliphatic rings. The lowest BCUT2D eigenvalue weighted by atomic mass is 9.98. The van der Waals surface area contributed by atoms with Crippen molar-refractivity contribution in [2.45, 2.75) is 26.7 Å². The quantitative estimate of drug-likeness (QED) is 0.883. The Morgan fingerprint density at radius 3 is 2.48 bits per heavy atom. The molecule has 2 amide bonds. The van der Waals surface area contributed by atoms with Crippen molar-refractivity contribution in [3.63, 3.8) is 0 Å². The second-order valence-electron chi connectivity index (χ2n) is 7.26. The minimum absolute atomic E-state index is 0.0448. The number of carbonyl (C=O) groups excluding carboxylic acids is 1. The van der Waals surface area contributed by atoms with Gasteiger partial charge in [0.05, 0.1) is 11.6 Å². The number of rotatable bonds is 3. The van der Waals surface area contributed by atoms with Crippen molar-refractivity contribution < 1.29 is 4.79 Å². The number of hydrogen-bond acceptors (Lipinski definition) is 3. The topological polar surface area (TPSA) is 59.4 Å². The minimum Gasteiger partial charge on any atom is -0.368 e. The van der Waals surface area contributed by atoms with E-state index in [1.165, 1.54) is 0 Å². The molecular weight excluding hydrogens is 336 g/mol. The van der Waals surface area contributed by atoms with E-state index in [0.29, 0.717) is 24.6 Å². The fourth-order valence-electron chi connectivity index (χ4n) is 3.47. The summed E-state index contributed by atoms with van der Waals surface area (Å²) in [4.78, 5) is 16.9. The summed E-state index contributed by atoms with van der Waals surface area (Å²) in [6, 6.07) is 15.9. The summed E-state index contributed by atoms with van der Waals surface area (Å²) in [7, 11) is 0. The second kappa shape index (κ2) is 8.13. The maximum Gasteiger partial charge on any atom is 0.321 e. The number of piperazine rings is 1. The molecule has 5 heteroatoms. The highest BCUT2D eigenvalue weighted by atomic mass is 16.2. The van der Waals surface area contributed by atoms with E-state index in [2.05, 4.69) is 36.2 Å². The van der Waals surface area contributed by atoms with E-state index in [1.54, 1.807) is 0 Å². The molecule has 0 bridgehead atoms. The SMILES string of the molecule is Cc1cccc(C(C)C)c1NC(=O)N1CCN(c2cccc(C#N)c2)CC1. The lowest BCUT2D eigenvalue weighted by molar-refractivity contribution is 0.208. The summed E-state index contributed by atoms with van der Waals surface area (Å²) >= 11 is 0. The summed E-state index contributed by atoms with van der Waals surface area (Å²) in [5.41, 5.74) is 4.88. The number of nitrogens with zero attached hydrogens (tertiary/aromatic N) is 3. The van der Waals surface area contributed by atoms with Gasteiger partial charge >= 0.3 is 6.03 Å². The molecular formula is C22H26N4O. The van der Waals surface area contributed by atoms with Crippen LogP contribution in [-0.4, -0.2) is 37.1 Å². The molecule has 0 unspecified atom stereocenters. The molecule has 0 saturated carbocycles. The smallest absolute Gasteiger partial charge is 0.321 e. The molecule has 27 heavy (non-hydrogen) atoms. The van der Waals surface area contributed by atoms with E-state index in [1.807, 2.05) is 48.2 Å². The predicted molar refractivity (Wildman–Crippen MR) is 109 cm³/mol. The Morgan fingerprint density at radius 1 is 1.11 bits per heavy atom. The van der Waals surface area contributed by atoms with E-state index in [9.17, 15) is 4.79 Å². The number of hydrogen-bond donors (Lipinski definition) is 1. The third-order valence-corrected chi connectivity index (χ3v) is 5.07. The summed E-state index contributed by atoms with van der Waals surface area (Å²) in [6.07, 6.45) is 0. The Morgan fingerprint density at radius 2 is 1.81 bits per heavy atom. The largest absolute Gasteiger partial charge is 0.368 e. The molecule has 140 valence electrons. The Balaban J connectivity index is 1.65. The Kier molecular flexibility index (Phi) is 5.66. The zero-order valence-corrected chi connectivity index (χ0v) is 16.2. The number of nitrogens with one attached hydrogen (secondary N) is 1. The van der Waals surface area contributed by atoms with Crippen molar-refractivity contribution in [2.24, 2.45) is 0 Å². The third kappa shape index (κ3) is 4.22. The average Bonchev–Trinajstić information content (AvgIpc) is 2.69. The maximum absolute atomic E-state index is 12.8. The second-order valence-corrected chi connectivity index (χ2v) is 7.26. The van der Waals surface area contributed by atoms with Crippen molar-refractivity contribution in [1.82, 2.24) is 4.90 Å². The maximum atomic E-state index is 12.8. The highest BCUT2D eigenvalue weighted by Gasteiger charge is 2.22. The molecule has 1 saturated heterocycles. The van der Waals surface area contributed by atoms with E-state index >= 15 is 0 Å².